The monoisotopic (exact) mass is 343 g/mol. The van der Waals surface area contributed by atoms with Crippen LogP contribution in [0.15, 0.2) is 18.2 Å². The number of likely N-dealkylation sites (tertiary alicyclic amines) is 1. The first-order chi connectivity index (χ1) is 10.5. The van der Waals surface area contributed by atoms with Crippen molar-refractivity contribution in [1.82, 2.24) is 4.90 Å². The van der Waals surface area contributed by atoms with Crippen molar-refractivity contribution < 1.29 is 9.53 Å². The molecule has 5 heteroatoms. The molecule has 0 bridgehead atoms. The molecular formula is C17H23Cl2NO2. The maximum absolute atomic E-state index is 12.2. The molecule has 1 aromatic carbocycles. The van der Waals surface area contributed by atoms with Crippen molar-refractivity contribution in [3.8, 4) is 5.75 Å². The fourth-order valence-electron chi connectivity index (χ4n) is 3.02. The second-order valence-corrected chi connectivity index (χ2v) is 7.12. The van der Waals surface area contributed by atoms with Crippen molar-refractivity contribution in [2.45, 2.75) is 33.1 Å². The number of ether oxygens (including phenoxy) is 1. The van der Waals surface area contributed by atoms with Crippen molar-refractivity contribution in [3.05, 3.63) is 28.2 Å². The molecule has 3 nitrogen and oxygen atoms in total. The number of halogens is 2. The molecule has 1 aromatic rings. The Morgan fingerprint density at radius 1 is 1.27 bits per heavy atom. The Balaban J connectivity index is 1.73. The number of nitrogens with zero attached hydrogens (tertiary/aromatic N) is 1. The van der Waals surface area contributed by atoms with Crippen LogP contribution in [0.4, 0.5) is 0 Å². The number of hydrogen-bond acceptors (Lipinski definition) is 2. The number of benzene rings is 1. The fourth-order valence-corrected chi connectivity index (χ4v) is 3.49. The molecule has 1 aliphatic heterocycles. The van der Waals surface area contributed by atoms with Gasteiger partial charge in [-0.1, -0.05) is 37.0 Å². The molecule has 2 rings (SSSR count). The van der Waals surface area contributed by atoms with Gasteiger partial charge in [-0.25, -0.2) is 0 Å². The quantitative estimate of drug-likeness (QED) is 0.727. The number of hydrogen-bond donors (Lipinski definition) is 0. The van der Waals surface area contributed by atoms with Gasteiger partial charge in [0.2, 0.25) is 5.91 Å². The predicted molar refractivity (Wildman–Crippen MR) is 90.7 cm³/mol. The third kappa shape index (κ3) is 5.06. The fraction of sp³-hybridized carbons (Fsp3) is 0.588. The summed E-state index contributed by atoms with van der Waals surface area (Å²) in [5, 5.41) is 1.08. The Hall–Kier alpha value is -0.930. The predicted octanol–water partition coefficient (Wildman–Crippen LogP) is 4.66. The largest absolute Gasteiger partial charge is 0.492 e. The lowest BCUT2D eigenvalue weighted by atomic mass is 9.91. The van der Waals surface area contributed by atoms with E-state index in [1.165, 1.54) is 6.42 Å². The lowest BCUT2D eigenvalue weighted by Crippen LogP contribution is -2.42. The third-order valence-corrected chi connectivity index (χ3v) is 4.44. The molecule has 2 atom stereocenters. The molecule has 22 heavy (non-hydrogen) atoms. The zero-order valence-electron chi connectivity index (χ0n) is 13.1. The van der Waals surface area contributed by atoms with Crippen LogP contribution in [-0.4, -0.2) is 30.5 Å². The molecule has 1 aliphatic rings. The molecule has 122 valence electrons. The van der Waals surface area contributed by atoms with Crippen LogP contribution in [0.1, 0.15) is 33.1 Å². The summed E-state index contributed by atoms with van der Waals surface area (Å²) < 4.78 is 5.61. The first kappa shape index (κ1) is 17.4. The zero-order valence-corrected chi connectivity index (χ0v) is 14.7. The Kier molecular flexibility index (Phi) is 6.39. The molecule has 0 aromatic heterocycles. The lowest BCUT2D eigenvalue weighted by molar-refractivity contribution is -0.134. The molecule has 1 fully saturated rings. The average Bonchev–Trinajstić information content (AvgIpc) is 2.44. The zero-order chi connectivity index (χ0) is 16.1. The lowest BCUT2D eigenvalue weighted by Gasteiger charge is -2.35. The maximum atomic E-state index is 12.2. The van der Waals surface area contributed by atoms with E-state index >= 15 is 0 Å². The van der Waals surface area contributed by atoms with Gasteiger partial charge in [0, 0.05) is 24.5 Å². The van der Waals surface area contributed by atoms with Crippen LogP contribution in [0.25, 0.3) is 0 Å². The normalized spacial score (nSPS) is 21.7. The van der Waals surface area contributed by atoms with Crippen molar-refractivity contribution in [2.75, 3.05) is 19.7 Å². The summed E-state index contributed by atoms with van der Waals surface area (Å²) in [5.41, 5.74) is 0. The highest BCUT2D eigenvalue weighted by Gasteiger charge is 2.24. The Labute approximate surface area is 142 Å². The summed E-state index contributed by atoms with van der Waals surface area (Å²) in [6.07, 6.45) is 2.42. The van der Waals surface area contributed by atoms with Crippen molar-refractivity contribution in [3.63, 3.8) is 0 Å². The van der Waals surface area contributed by atoms with E-state index in [2.05, 4.69) is 13.8 Å². The Morgan fingerprint density at radius 3 is 2.59 bits per heavy atom. The van der Waals surface area contributed by atoms with Gasteiger partial charge in [0.15, 0.2) is 0 Å². The summed E-state index contributed by atoms with van der Waals surface area (Å²) in [4.78, 5) is 14.2. The highest BCUT2D eigenvalue weighted by atomic mass is 35.5. The van der Waals surface area contributed by atoms with Gasteiger partial charge in [0.1, 0.15) is 5.75 Å². The molecule has 0 N–H and O–H groups in total. The number of rotatable bonds is 5. The molecule has 0 radical (unpaired) electrons. The molecule has 1 amide bonds. The molecule has 0 spiro atoms. The van der Waals surface area contributed by atoms with Crippen LogP contribution >= 0.6 is 23.2 Å². The van der Waals surface area contributed by atoms with E-state index in [0.29, 0.717) is 47.1 Å². The highest BCUT2D eigenvalue weighted by molar-refractivity contribution is 6.35. The summed E-state index contributed by atoms with van der Waals surface area (Å²) in [6.45, 7) is 6.66. The topological polar surface area (TPSA) is 29.5 Å². The minimum atomic E-state index is 0.226. The van der Waals surface area contributed by atoms with Crippen LogP contribution < -0.4 is 4.74 Å². The molecule has 0 unspecified atom stereocenters. The van der Waals surface area contributed by atoms with Crippen LogP contribution in [0, 0.1) is 11.8 Å². The van der Waals surface area contributed by atoms with Crippen LogP contribution in [0.5, 0.6) is 5.75 Å². The molecular weight excluding hydrogens is 321 g/mol. The Morgan fingerprint density at radius 2 is 1.95 bits per heavy atom. The van der Waals surface area contributed by atoms with Crippen molar-refractivity contribution in [2.24, 2.45) is 11.8 Å². The molecule has 0 saturated carbocycles. The summed E-state index contributed by atoms with van der Waals surface area (Å²) in [6, 6.07) is 5.14. The number of piperidine rings is 1. The van der Waals surface area contributed by atoms with Crippen LogP contribution in [-0.2, 0) is 4.79 Å². The van der Waals surface area contributed by atoms with E-state index in [4.69, 9.17) is 27.9 Å². The standard InChI is InChI=1S/C17H23Cl2NO2/c1-12-8-13(2)11-20(10-12)17(21)4-3-7-22-16-6-5-14(18)9-15(16)19/h5-6,9,12-13H,3-4,7-8,10-11H2,1-2H3/t12-,13-/m1/s1. The molecule has 1 saturated heterocycles. The van der Waals surface area contributed by atoms with E-state index in [9.17, 15) is 4.79 Å². The van der Waals surface area contributed by atoms with E-state index in [1.807, 2.05) is 4.90 Å². The van der Waals surface area contributed by atoms with Crippen molar-refractivity contribution in [1.29, 1.82) is 0 Å². The number of carbonyl (C=O) groups is 1. The average molecular weight is 344 g/mol. The number of carbonyl (C=O) groups excluding carboxylic acids is 1. The maximum Gasteiger partial charge on any atom is 0.222 e. The minimum Gasteiger partial charge on any atom is -0.492 e. The smallest absolute Gasteiger partial charge is 0.222 e. The Bertz CT molecular complexity index is 511. The minimum absolute atomic E-state index is 0.226. The summed E-state index contributed by atoms with van der Waals surface area (Å²) >= 11 is 11.9. The van der Waals surface area contributed by atoms with Gasteiger partial charge in [0.05, 0.1) is 11.6 Å². The third-order valence-electron chi connectivity index (χ3n) is 3.91. The second-order valence-electron chi connectivity index (χ2n) is 6.27. The van der Waals surface area contributed by atoms with Crippen molar-refractivity contribution >= 4 is 29.1 Å². The summed E-state index contributed by atoms with van der Waals surface area (Å²) in [7, 11) is 0. The number of amides is 1. The van der Waals surface area contributed by atoms with Gasteiger partial charge in [-0.15, -0.1) is 0 Å². The van der Waals surface area contributed by atoms with Gasteiger partial charge in [-0.05, 0) is 42.9 Å². The van der Waals surface area contributed by atoms with E-state index in [1.54, 1.807) is 18.2 Å². The van der Waals surface area contributed by atoms with Gasteiger partial charge in [0.25, 0.3) is 0 Å². The van der Waals surface area contributed by atoms with Crippen LogP contribution in [0.3, 0.4) is 0 Å². The van der Waals surface area contributed by atoms with Gasteiger partial charge in [-0.3, -0.25) is 4.79 Å². The van der Waals surface area contributed by atoms with E-state index in [0.717, 1.165) is 13.1 Å². The highest BCUT2D eigenvalue weighted by Crippen LogP contribution is 2.27. The van der Waals surface area contributed by atoms with E-state index in [-0.39, 0.29) is 5.91 Å². The molecule has 1 heterocycles. The van der Waals surface area contributed by atoms with E-state index < -0.39 is 0 Å². The van der Waals surface area contributed by atoms with Gasteiger partial charge < -0.3 is 9.64 Å². The molecule has 0 aliphatic carbocycles. The van der Waals surface area contributed by atoms with Gasteiger partial charge >= 0.3 is 0 Å². The first-order valence-electron chi connectivity index (χ1n) is 7.81. The second kappa shape index (κ2) is 8.07. The van der Waals surface area contributed by atoms with Crippen LogP contribution in [0.2, 0.25) is 10.0 Å². The first-order valence-corrected chi connectivity index (χ1v) is 8.57. The summed E-state index contributed by atoms with van der Waals surface area (Å²) in [5.74, 6) is 2.02. The van der Waals surface area contributed by atoms with Gasteiger partial charge in [-0.2, -0.15) is 0 Å². The SMILES string of the molecule is C[C@@H]1C[C@@H](C)CN(C(=O)CCCOc2ccc(Cl)cc2Cl)C1.